The third-order valence-corrected chi connectivity index (χ3v) is 1.73. The molecule has 10 heavy (non-hydrogen) atoms. The first-order valence-electron chi connectivity index (χ1n) is 4.13. The van der Waals surface area contributed by atoms with Gasteiger partial charge < -0.3 is 5.43 Å². The van der Waals surface area contributed by atoms with Crippen molar-refractivity contribution in [2.45, 2.75) is 32.1 Å². The minimum Gasteiger partial charge on any atom is -0.329 e. The van der Waals surface area contributed by atoms with Gasteiger partial charge in [-0.3, -0.25) is 0 Å². The van der Waals surface area contributed by atoms with Crippen LogP contribution in [0.25, 0.3) is 0 Å². The minimum atomic E-state index is 1.09. The van der Waals surface area contributed by atoms with Gasteiger partial charge in [-0.05, 0) is 19.3 Å². The molecule has 58 valence electrons. The quantitative estimate of drug-likeness (QED) is 0.533. The summed E-state index contributed by atoms with van der Waals surface area (Å²) in [6.07, 6.45) is 10.8. The molecular formula is C8H16N2. The number of hydrazine groups is 1. The van der Waals surface area contributed by atoms with E-state index in [-0.39, 0.29) is 0 Å². The highest BCUT2D eigenvalue weighted by Gasteiger charge is 1.89. The molecule has 1 rings (SSSR count). The van der Waals surface area contributed by atoms with E-state index in [1.54, 1.807) is 0 Å². The van der Waals surface area contributed by atoms with Crippen LogP contribution in [-0.4, -0.2) is 6.54 Å². The second-order valence-electron chi connectivity index (χ2n) is 2.68. The molecule has 0 amide bonds. The maximum atomic E-state index is 3.12. The van der Waals surface area contributed by atoms with Crippen molar-refractivity contribution in [1.82, 2.24) is 10.9 Å². The Labute approximate surface area is 62.7 Å². The van der Waals surface area contributed by atoms with Crippen LogP contribution in [0.15, 0.2) is 12.3 Å². The van der Waals surface area contributed by atoms with Gasteiger partial charge in [-0.2, -0.15) is 0 Å². The summed E-state index contributed by atoms with van der Waals surface area (Å²) in [5.74, 6) is 0. The van der Waals surface area contributed by atoms with E-state index in [1.165, 1.54) is 32.1 Å². The number of nitrogens with one attached hydrogen (secondary N) is 2. The maximum Gasteiger partial charge on any atom is 0.0147 e. The summed E-state index contributed by atoms with van der Waals surface area (Å²) < 4.78 is 0. The van der Waals surface area contributed by atoms with Gasteiger partial charge in [0, 0.05) is 12.7 Å². The summed E-state index contributed by atoms with van der Waals surface area (Å²) in [6, 6.07) is 0. The third kappa shape index (κ3) is 3.51. The van der Waals surface area contributed by atoms with Crippen LogP contribution < -0.4 is 10.9 Å². The van der Waals surface area contributed by atoms with Crippen LogP contribution in [0, 0.1) is 0 Å². The molecule has 2 N–H and O–H groups in total. The number of hydrogen-bond donors (Lipinski definition) is 2. The Balaban J connectivity index is 2.13. The molecule has 0 aromatic rings. The largest absolute Gasteiger partial charge is 0.329 e. The lowest BCUT2D eigenvalue weighted by molar-refractivity contribution is 0.550. The predicted octanol–water partition coefficient (Wildman–Crippen LogP) is 1.56. The van der Waals surface area contributed by atoms with Crippen molar-refractivity contribution >= 4 is 0 Å². The van der Waals surface area contributed by atoms with E-state index < -0.39 is 0 Å². The van der Waals surface area contributed by atoms with Gasteiger partial charge in [0.05, 0.1) is 0 Å². The molecule has 0 aliphatic carbocycles. The summed E-state index contributed by atoms with van der Waals surface area (Å²) in [7, 11) is 0. The standard InChI is InChI=1S/C8H16N2/c1-2-4-6-8-10-9-7-5-3-1/h5,7,9-10H,1-4,6,8H2. The zero-order valence-corrected chi connectivity index (χ0v) is 6.40. The van der Waals surface area contributed by atoms with Crippen molar-refractivity contribution in [1.29, 1.82) is 0 Å². The lowest BCUT2D eigenvalue weighted by Gasteiger charge is -2.05. The second kappa shape index (κ2) is 5.30. The summed E-state index contributed by atoms with van der Waals surface area (Å²) >= 11 is 0. The van der Waals surface area contributed by atoms with Crippen LogP contribution in [0.2, 0.25) is 0 Å². The first kappa shape index (κ1) is 7.61. The van der Waals surface area contributed by atoms with E-state index in [1.807, 2.05) is 6.20 Å². The fraction of sp³-hybridized carbons (Fsp3) is 0.750. The van der Waals surface area contributed by atoms with Crippen molar-refractivity contribution in [3.05, 3.63) is 12.3 Å². The lowest BCUT2D eigenvalue weighted by Crippen LogP contribution is -2.27. The molecule has 1 aliphatic rings. The average Bonchev–Trinajstić information content (AvgIpc) is 2.01. The molecule has 0 saturated heterocycles. The summed E-state index contributed by atoms with van der Waals surface area (Å²) in [6.45, 7) is 1.09. The minimum absolute atomic E-state index is 1.09. The molecule has 0 aromatic heterocycles. The van der Waals surface area contributed by atoms with Crippen LogP contribution in [0.3, 0.4) is 0 Å². The van der Waals surface area contributed by atoms with E-state index in [0.717, 1.165) is 6.54 Å². The molecule has 1 aliphatic heterocycles. The van der Waals surface area contributed by atoms with E-state index in [4.69, 9.17) is 0 Å². The van der Waals surface area contributed by atoms with E-state index in [2.05, 4.69) is 16.9 Å². The Hall–Kier alpha value is -0.500. The molecule has 0 radical (unpaired) electrons. The Morgan fingerprint density at radius 1 is 1.00 bits per heavy atom. The van der Waals surface area contributed by atoms with Crippen LogP contribution in [-0.2, 0) is 0 Å². The van der Waals surface area contributed by atoms with Gasteiger partial charge in [0.25, 0.3) is 0 Å². The fourth-order valence-corrected chi connectivity index (χ4v) is 1.10. The Morgan fingerprint density at radius 3 is 2.90 bits per heavy atom. The summed E-state index contributed by atoms with van der Waals surface area (Å²) in [5, 5.41) is 0. The molecule has 2 heteroatoms. The molecular weight excluding hydrogens is 124 g/mol. The van der Waals surface area contributed by atoms with Crippen LogP contribution >= 0.6 is 0 Å². The molecule has 0 aromatic carbocycles. The van der Waals surface area contributed by atoms with Gasteiger partial charge in [-0.25, -0.2) is 5.43 Å². The number of rotatable bonds is 0. The van der Waals surface area contributed by atoms with Gasteiger partial charge in [-0.1, -0.05) is 18.9 Å². The molecule has 0 fully saturated rings. The Kier molecular flexibility index (Phi) is 4.03. The lowest BCUT2D eigenvalue weighted by atomic mass is 10.1. The van der Waals surface area contributed by atoms with Crippen molar-refractivity contribution in [3.63, 3.8) is 0 Å². The molecule has 1 heterocycles. The van der Waals surface area contributed by atoms with Crippen molar-refractivity contribution in [3.8, 4) is 0 Å². The van der Waals surface area contributed by atoms with Gasteiger partial charge in [-0.15, -0.1) is 0 Å². The topological polar surface area (TPSA) is 24.1 Å². The Morgan fingerprint density at radius 2 is 1.90 bits per heavy atom. The summed E-state index contributed by atoms with van der Waals surface area (Å²) in [5.41, 5.74) is 6.14. The first-order chi connectivity index (χ1) is 5.00. The molecule has 0 bridgehead atoms. The SMILES string of the molecule is C1=CNNCCCCCC1. The van der Waals surface area contributed by atoms with Crippen LogP contribution in [0.5, 0.6) is 0 Å². The van der Waals surface area contributed by atoms with Gasteiger partial charge in [0.15, 0.2) is 0 Å². The van der Waals surface area contributed by atoms with Gasteiger partial charge in [0.2, 0.25) is 0 Å². The summed E-state index contributed by atoms with van der Waals surface area (Å²) in [4.78, 5) is 0. The highest BCUT2D eigenvalue weighted by molar-refractivity contribution is 4.78. The van der Waals surface area contributed by atoms with Gasteiger partial charge >= 0.3 is 0 Å². The Bertz CT molecular complexity index is 87.4. The van der Waals surface area contributed by atoms with Crippen molar-refractivity contribution < 1.29 is 0 Å². The molecule has 0 saturated carbocycles. The second-order valence-corrected chi connectivity index (χ2v) is 2.68. The first-order valence-corrected chi connectivity index (χ1v) is 4.13. The molecule has 0 atom stereocenters. The van der Waals surface area contributed by atoms with E-state index in [9.17, 15) is 0 Å². The number of hydrogen-bond acceptors (Lipinski definition) is 2. The maximum absolute atomic E-state index is 3.12. The van der Waals surface area contributed by atoms with E-state index in [0.29, 0.717) is 0 Å². The van der Waals surface area contributed by atoms with E-state index >= 15 is 0 Å². The zero-order valence-electron chi connectivity index (χ0n) is 6.40. The van der Waals surface area contributed by atoms with Crippen molar-refractivity contribution in [2.24, 2.45) is 0 Å². The van der Waals surface area contributed by atoms with Crippen LogP contribution in [0.1, 0.15) is 32.1 Å². The molecule has 0 spiro atoms. The van der Waals surface area contributed by atoms with Crippen LogP contribution in [0.4, 0.5) is 0 Å². The predicted molar refractivity (Wildman–Crippen MR) is 43.4 cm³/mol. The number of allylic oxidation sites excluding steroid dienone is 1. The van der Waals surface area contributed by atoms with Crippen molar-refractivity contribution in [2.75, 3.05) is 6.54 Å². The van der Waals surface area contributed by atoms with Gasteiger partial charge in [0.1, 0.15) is 0 Å². The molecule has 2 nitrogen and oxygen atoms in total. The zero-order chi connectivity index (χ0) is 7.07. The fourth-order valence-electron chi connectivity index (χ4n) is 1.10. The third-order valence-electron chi connectivity index (χ3n) is 1.73. The monoisotopic (exact) mass is 140 g/mol. The highest BCUT2D eigenvalue weighted by Crippen LogP contribution is 2.03. The average molecular weight is 140 g/mol. The molecule has 0 unspecified atom stereocenters. The normalized spacial score (nSPS) is 21.6. The smallest absolute Gasteiger partial charge is 0.0147 e. The highest BCUT2D eigenvalue weighted by atomic mass is 15.3.